The average molecular weight is 299 g/mol. The van der Waals surface area contributed by atoms with Gasteiger partial charge in [-0.1, -0.05) is 5.16 Å². The molecule has 0 amide bonds. The van der Waals surface area contributed by atoms with E-state index >= 15 is 0 Å². The molecule has 0 spiro atoms. The highest BCUT2D eigenvalue weighted by molar-refractivity contribution is 7.08. The quantitative estimate of drug-likeness (QED) is 0.729. The van der Waals surface area contributed by atoms with E-state index in [1.165, 1.54) is 0 Å². The second kappa shape index (κ2) is 5.88. The molecule has 0 saturated carbocycles. The summed E-state index contributed by atoms with van der Waals surface area (Å²) in [7, 11) is 0. The molecule has 6 heteroatoms. The molecule has 0 fully saturated rings. The Morgan fingerprint density at radius 1 is 1.29 bits per heavy atom. The summed E-state index contributed by atoms with van der Waals surface area (Å²) in [6.45, 7) is 1.99. The minimum Gasteiger partial charge on any atom is -0.376 e. The zero-order chi connectivity index (χ0) is 14.7. The van der Waals surface area contributed by atoms with Crippen LogP contribution in [-0.4, -0.2) is 15.9 Å². The van der Waals surface area contributed by atoms with Crippen molar-refractivity contribution in [1.29, 1.82) is 0 Å². The molecule has 0 bridgehead atoms. The van der Waals surface area contributed by atoms with Crippen molar-refractivity contribution in [2.24, 2.45) is 0 Å². The predicted molar refractivity (Wildman–Crippen MR) is 81.4 cm³/mol. The van der Waals surface area contributed by atoms with Crippen LogP contribution in [0.4, 0.5) is 5.69 Å². The fourth-order valence-electron chi connectivity index (χ4n) is 1.84. The van der Waals surface area contributed by atoms with Crippen LogP contribution in [-0.2, 0) is 6.54 Å². The van der Waals surface area contributed by atoms with E-state index in [4.69, 9.17) is 4.52 Å². The van der Waals surface area contributed by atoms with E-state index in [1.54, 1.807) is 30.4 Å². The Hall–Kier alpha value is -2.47. The number of nitrogens with one attached hydrogen (secondary N) is 1. The number of hydrogen-bond acceptors (Lipinski definition) is 6. The van der Waals surface area contributed by atoms with E-state index in [1.807, 2.05) is 29.0 Å². The zero-order valence-electron chi connectivity index (χ0n) is 11.4. The molecule has 1 N–H and O–H groups in total. The third-order valence-electron chi connectivity index (χ3n) is 2.98. The topological polar surface area (TPSA) is 68.0 Å². The molecule has 3 rings (SSSR count). The Bertz CT molecular complexity index is 733. The smallest absolute Gasteiger partial charge is 0.246 e. The second-order valence-electron chi connectivity index (χ2n) is 4.51. The van der Waals surface area contributed by atoms with E-state index in [9.17, 15) is 4.79 Å². The molecule has 0 radical (unpaired) electrons. The fourth-order valence-corrected chi connectivity index (χ4v) is 2.47. The number of aromatic nitrogens is 2. The monoisotopic (exact) mass is 299 g/mol. The molecule has 106 valence electrons. The van der Waals surface area contributed by atoms with Gasteiger partial charge in [0.25, 0.3) is 0 Å². The highest BCUT2D eigenvalue weighted by Crippen LogP contribution is 2.19. The summed E-state index contributed by atoms with van der Waals surface area (Å²) in [4.78, 5) is 15.5. The number of nitrogens with zero attached hydrogens (tertiary/aromatic N) is 2. The maximum atomic E-state index is 11.2. The number of rotatable bonds is 5. The molecule has 0 saturated heterocycles. The van der Waals surface area contributed by atoms with Crippen LogP contribution in [0.2, 0.25) is 0 Å². The van der Waals surface area contributed by atoms with Crippen molar-refractivity contribution in [1.82, 2.24) is 10.1 Å². The van der Waals surface area contributed by atoms with Crippen molar-refractivity contribution in [2.75, 3.05) is 5.32 Å². The van der Waals surface area contributed by atoms with Crippen LogP contribution in [0.3, 0.4) is 0 Å². The first-order valence-corrected chi connectivity index (χ1v) is 7.37. The summed E-state index contributed by atoms with van der Waals surface area (Å²) in [5.41, 5.74) is 2.55. The number of anilines is 1. The average Bonchev–Trinajstić information content (AvgIpc) is 3.16. The van der Waals surface area contributed by atoms with Crippen LogP contribution in [0, 0.1) is 0 Å². The maximum absolute atomic E-state index is 11.2. The van der Waals surface area contributed by atoms with Gasteiger partial charge in [0.05, 0.1) is 6.54 Å². The van der Waals surface area contributed by atoms with Gasteiger partial charge in [-0.05, 0) is 42.6 Å². The van der Waals surface area contributed by atoms with Gasteiger partial charge in [0.1, 0.15) is 0 Å². The van der Waals surface area contributed by atoms with Crippen molar-refractivity contribution in [3.05, 3.63) is 52.5 Å². The molecule has 0 aliphatic heterocycles. The van der Waals surface area contributed by atoms with Gasteiger partial charge in [-0.25, -0.2) is 0 Å². The van der Waals surface area contributed by atoms with Crippen LogP contribution in [0.5, 0.6) is 0 Å². The number of hydrogen-bond donors (Lipinski definition) is 1. The lowest BCUT2D eigenvalue weighted by molar-refractivity contribution is 0.101. The first-order chi connectivity index (χ1) is 10.2. The largest absolute Gasteiger partial charge is 0.376 e. The van der Waals surface area contributed by atoms with Crippen molar-refractivity contribution >= 4 is 22.8 Å². The predicted octanol–water partition coefficient (Wildman–Crippen LogP) is 3.61. The van der Waals surface area contributed by atoms with Crippen LogP contribution in [0.15, 0.2) is 45.6 Å². The molecule has 2 aromatic heterocycles. The number of benzene rings is 1. The Labute approximate surface area is 125 Å². The van der Waals surface area contributed by atoms with Gasteiger partial charge in [0.15, 0.2) is 5.78 Å². The molecule has 0 aliphatic carbocycles. The lowest BCUT2D eigenvalue weighted by Crippen LogP contribution is -2.00. The molecule has 0 aliphatic rings. The molecular weight excluding hydrogens is 286 g/mol. The number of carbonyl (C=O) groups excluding carboxylic acids is 1. The van der Waals surface area contributed by atoms with Gasteiger partial charge >= 0.3 is 0 Å². The Morgan fingerprint density at radius 3 is 2.76 bits per heavy atom. The number of thiophene rings is 1. The van der Waals surface area contributed by atoms with Crippen molar-refractivity contribution in [2.45, 2.75) is 13.5 Å². The molecule has 3 aromatic rings. The summed E-state index contributed by atoms with van der Waals surface area (Å²) in [6, 6.07) is 9.23. The molecular formula is C15H13N3O2S. The van der Waals surface area contributed by atoms with Crippen molar-refractivity contribution in [3.8, 4) is 11.4 Å². The van der Waals surface area contributed by atoms with E-state index in [0.717, 1.165) is 11.3 Å². The number of carbonyl (C=O) groups is 1. The van der Waals surface area contributed by atoms with Gasteiger partial charge in [-0.3, -0.25) is 4.79 Å². The number of ketones is 1. The third-order valence-corrected chi connectivity index (χ3v) is 3.67. The van der Waals surface area contributed by atoms with Crippen molar-refractivity contribution < 1.29 is 9.32 Å². The number of Topliss-reactive ketones (excluding diaryl/α,β-unsaturated/α-hetero) is 1. The minimum absolute atomic E-state index is 0.0545. The van der Waals surface area contributed by atoms with Gasteiger partial charge in [0, 0.05) is 22.2 Å². The van der Waals surface area contributed by atoms with Crippen molar-refractivity contribution in [3.63, 3.8) is 0 Å². The lowest BCUT2D eigenvalue weighted by atomic mass is 10.1. The van der Waals surface area contributed by atoms with Gasteiger partial charge < -0.3 is 9.84 Å². The standard InChI is InChI=1S/C15H13N3O2S/c1-10(19)11-2-4-13(5-3-11)16-8-14-17-15(18-20-14)12-6-7-21-9-12/h2-7,9,16H,8H2,1H3. The van der Waals surface area contributed by atoms with Gasteiger partial charge in [-0.2, -0.15) is 16.3 Å². The van der Waals surface area contributed by atoms with E-state index < -0.39 is 0 Å². The molecule has 21 heavy (non-hydrogen) atoms. The van der Waals surface area contributed by atoms with Crippen LogP contribution < -0.4 is 5.32 Å². The van der Waals surface area contributed by atoms with Gasteiger partial charge in [0.2, 0.25) is 11.7 Å². The summed E-state index contributed by atoms with van der Waals surface area (Å²) in [5.74, 6) is 1.17. The SMILES string of the molecule is CC(=O)c1ccc(NCc2nc(-c3ccsc3)no2)cc1. The maximum Gasteiger partial charge on any atom is 0.246 e. The zero-order valence-corrected chi connectivity index (χ0v) is 12.2. The molecule has 1 aromatic carbocycles. The summed E-state index contributed by atoms with van der Waals surface area (Å²) < 4.78 is 5.20. The lowest BCUT2D eigenvalue weighted by Gasteiger charge is -2.03. The third kappa shape index (κ3) is 3.17. The van der Waals surface area contributed by atoms with Crippen LogP contribution >= 0.6 is 11.3 Å². The van der Waals surface area contributed by atoms with E-state index in [2.05, 4.69) is 15.5 Å². The normalized spacial score (nSPS) is 10.5. The molecule has 0 unspecified atom stereocenters. The Kier molecular flexibility index (Phi) is 3.79. The van der Waals surface area contributed by atoms with E-state index in [-0.39, 0.29) is 5.78 Å². The fraction of sp³-hybridized carbons (Fsp3) is 0.133. The first-order valence-electron chi connectivity index (χ1n) is 6.42. The Morgan fingerprint density at radius 2 is 2.10 bits per heavy atom. The van der Waals surface area contributed by atoms with Crippen LogP contribution in [0.25, 0.3) is 11.4 Å². The minimum atomic E-state index is 0.0545. The Balaban J connectivity index is 1.64. The molecule has 5 nitrogen and oxygen atoms in total. The second-order valence-corrected chi connectivity index (χ2v) is 5.29. The summed E-state index contributed by atoms with van der Waals surface area (Å²) in [5, 5.41) is 11.1. The van der Waals surface area contributed by atoms with Crippen LogP contribution in [0.1, 0.15) is 23.2 Å². The highest BCUT2D eigenvalue weighted by Gasteiger charge is 2.08. The summed E-state index contributed by atoms with van der Waals surface area (Å²) in [6.07, 6.45) is 0. The molecule has 2 heterocycles. The van der Waals surface area contributed by atoms with E-state index in [0.29, 0.717) is 23.8 Å². The summed E-state index contributed by atoms with van der Waals surface area (Å²) >= 11 is 1.59. The first kappa shape index (κ1) is 13.5. The van der Waals surface area contributed by atoms with Gasteiger partial charge in [-0.15, -0.1) is 0 Å². The molecule has 0 atom stereocenters. The highest BCUT2D eigenvalue weighted by atomic mass is 32.1.